The monoisotopic (exact) mass is 328 g/mol. The molecule has 2 rings (SSSR count). The summed E-state index contributed by atoms with van der Waals surface area (Å²) in [5.41, 5.74) is 5.08. The van der Waals surface area contributed by atoms with Gasteiger partial charge in [0.25, 0.3) is 0 Å². The minimum atomic E-state index is 0.600. The van der Waals surface area contributed by atoms with E-state index in [0.29, 0.717) is 18.0 Å². The molecule has 0 aliphatic carbocycles. The van der Waals surface area contributed by atoms with E-state index in [1.165, 1.54) is 0 Å². The molecule has 0 saturated carbocycles. The van der Waals surface area contributed by atoms with Crippen LogP contribution in [0.25, 0.3) is 0 Å². The van der Waals surface area contributed by atoms with E-state index in [1.54, 1.807) is 20.4 Å². The van der Waals surface area contributed by atoms with E-state index in [9.17, 15) is 0 Å². The predicted octanol–water partition coefficient (Wildman–Crippen LogP) is 3.62. The highest BCUT2D eigenvalue weighted by molar-refractivity contribution is 5.79. The quantitative estimate of drug-likeness (QED) is 0.564. The lowest BCUT2D eigenvalue weighted by Crippen LogP contribution is -2.06. The predicted molar refractivity (Wildman–Crippen MR) is 96.2 cm³/mol. The van der Waals surface area contributed by atoms with Crippen molar-refractivity contribution in [3.05, 3.63) is 53.6 Å². The summed E-state index contributed by atoms with van der Waals surface area (Å²) in [7, 11) is 3.25. The molecular formula is C19H24N2O3. The molecule has 0 aromatic heterocycles. The van der Waals surface area contributed by atoms with Gasteiger partial charge in [-0.25, -0.2) is 0 Å². The number of hydrogen-bond donors (Lipinski definition) is 1. The highest BCUT2D eigenvalue weighted by Crippen LogP contribution is 2.27. The standard InChI is InChI=1S/C19H24N2O3/c1-4-10-24-17-7-5-6-15(11-17)13-20-21-14-16-8-9-18(22-2)19(12-16)23-3/h5-9,11-13,21H,4,10,14H2,1-3H3/b20-13-. The molecule has 0 heterocycles. The second-order valence-electron chi connectivity index (χ2n) is 5.20. The first-order valence-electron chi connectivity index (χ1n) is 7.96. The van der Waals surface area contributed by atoms with Crippen LogP contribution in [0.5, 0.6) is 17.2 Å². The van der Waals surface area contributed by atoms with Gasteiger partial charge < -0.3 is 19.6 Å². The number of nitrogens with zero attached hydrogens (tertiary/aromatic N) is 1. The third kappa shape index (κ3) is 5.19. The molecule has 0 radical (unpaired) electrons. The lowest BCUT2D eigenvalue weighted by Gasteiger charge is -2.09. The Hall–Kier alpha value is -2.69. The van der Waals surface area contributed by atoms with Crippen LogP contribution < -0.4 is 19.6 Å². The van der Waals surface area contributed by atoms with Crippen LogP contribution in [0, 0.1) is 0 Å². The van der Waals surface area contributed by atoms with Crippen LogP contribution >= 0.6 is 0 Å². The summed E-state index contributed by atoms with van der Waals surface area (Å²) in [5, 5.41) is 4.25. The number of rotatable bonds is 9. The number of hydrogen-bond acceptors (Lipinski definition) is 5. The number of nitrogens with one attached hydrogen (secondary N) is 1. The average Bonchev–Trinajstić information content (AvgIpc) is 2.63. The van der Waals surface area contributed by atoms with Crippen molar-refractivity contribution < 1.29 is 14.2 Å². The van der Waals surface area contributed by atoms with Crippen molar-refractivity contribution in [1.29, 1.82) is 0 Å². The number of hydrazone groups is 1. The first kappa shape index (κ1) is 17.7. The van der Waals surface area contributed by atoms with Crippen LogP contribution in [0.3, 0.4) is 0 Å². The van der Waals surface area contributed by atoms with Gasteiger partial charge in [0, 0.05) is 0 Å². The molecule has 0 amide bonds. The molecule has 0 spiro atoms. The molecule has 0 unspecified atom stereocenters. The Morgan fingerprint density at radius 1 is 1.04 bits per heavy atom. The number of benzene rings is 2. The first-order valence-corrected chi connectivity index (χ1v) is 7.96. The Bertz CT molecular complexity index is 671. The van der Waals surface area contributed by atoms with Crippen molar-refractivity contribution in [3.8, 4) is 17.2 Å². The Kier molecular flexibility index (Phi) is 6.95. The van der Waals surface area contributed by atoms with Gasteiger partial charge in [-0.15, -0.1) is 0 Å². The molecule has 0 aliphatic heterocycles. The van der Waals surface area contributed by atoms with Gasteiger partial charge in [0.15, 0.2) is 11.5 Å². The van der Waals surface area contributed by atoms with Crippen LogP contribution in [0.4, 0.5) is 0 Å². The smallest absolute Gasteiger partial charge is 0.161 e. The Labute approximate surface area is 143 Å². The summed E-state index contributed by atoms with van der Waals surface area (Å²) in [5.74, 6) is 2.29. The van der Waals surface area contributed by atoms with E-state index < -0.39 is 0 Å². The third-order valence-corrected chi connectivity index (χ3v) is 3.37. The maximum atomic E-state index is 5.61. The molecule has 0 bridgehead atoms. The van der Waals surface area contributed by atoms with Gasteiger partial charge in [0.2, 0.25) is 0 Å². The molecule has 2 aromatic carbocycles. The maximum Gasteiger partial charge on any atom is 0.161 e. The fourth-order valence-corrected chi connectivity index (χ4v) is 2.15. The summed E-state index contributed by atoms with van der Waals surface area (Å²) in [4.78, 5) is 0. The zero-order chi connectivity index (χ0) is 17.2. The third-order valence-electron chi connectivity index (χ3n) is 3.37. The van der Waals surface area contributed by atoms with Crippen molar-refractivity contribution >= 4 is 6.21 Å². The van der Waals surface area contributed by atoms with Crippen molar-refractivity contribution in [3.63, 3.8) is 0 Å². The summed E-state index contributed by atoms with van der Waals surface area (Å²) >= 11 is 0. The highest BCUT2D eigenvalue weighted by Gasteiger charge is 2.03. The SMILES string of the molecule is CCCOc1cccc(/C=N\NCc2ccc(OC)c(OC)c2)c1. The van der Waals surface area contributed by atoms with E-state index in [2.05, 4.69) is 17.5 Å². The normalized spacial score (nSPS) is 10.6. The van der Waals surface area contributed by atoms with E-state index in [-0.39, 0.29) is 0 Å². The lowest BCUT2D eigenvalue weighted by molar-refractivity contribution is 0.317. The molecule has 2 aromatic rings. The Morgan fingerprint density at radius 3 is 2.62 bits per heavy atom. The van der Waals surface area contributed by atoms with Crippen molar-refractivity contribution in [1.82, 2.24) is 5.43 Å². The van der Waals surface area contributed by atoms with Gasteiger partial charge >= 0.3 is 0 Å². The maximum absolute atomic E-state index is 5.61. The van der Waals surface area contributed by atoms with Crippen LogP contribution in [-0.4, -0.2) is 27.0 Å². The molecule has 24 heavy (non-hydrogen) atoms. The zero-order valence-electron chi connectivity index (χ0n) is 14.4. The van der Waals surface area contributed by atoms with E-state index in [4.69, 9.17) is 14.2 Å². The molecule has 0 fully saturated rings. The Balaban J connectivity index is 1.90. The average molecular weight is 328 g/mol. The Morgan fingerprint density at radius 2 is 1.88 bits per heavy atom. The molecule has 128 valence electrons. The zero-order valence-corrected chi connectivity index (χ0v) is 14.4. The topological polar surface area (TPSA) is 52.1 Å². The fourth-order valence-electron chi connectivity index (χ4n) is 2.15. The molecule has 1 N–H and O–H groups in total. The fraction of sp³-hybridized carbons (Fsp3) is 0.316. The first-order chi connectivity index (χ1) is 11.8. The lowest BCUT2D eigenvalue weighted by atomic mass is 10.2. The molecule has 0 saturated heterocycles. The number of ether oxygens (including phenoxy) is 3. The van der Waals surface area contributed by atoms with Gasteiger partial charge in [0.1, 0.15) is 5.75 Å². The van der Waals surface area contributed by atoms with Crippen LogP contribution in [0.1, 0.15) is 24.5 Å². The molecule has 5 heteroatoms. The summed E-state index contributed by atoms with van der Waals surface area (Å²) in [6, 6.07) is 13.7. The minimum absolute atomic E-state index is 0.600. The summed E-state index contributed by atoms with van der Waals surface area (Å²) in [6.45, 7) is 3.41. The van der Waals surface area contributed by atoms with Gasteiger partial charge in [-0.05, 0) is 41.8 Å². The van der Waals surface area contributed by atoms with Gasteiger partial charge in [-0.1, -0.05) is 25.1 Å². The van der Waals surface area contributed by atoms with Crippen molar-refractivity contribution in [2.45, 2.75) is 19.9 Å². The van der Waals surface area contributed by atoms with Crippen LogP contribution in [-0.2, 0) is 6.54 Å². The highest BCUT2D eigenvalue weighted by atomic mass is 16.5. The van der Waals surface area contributed by atoms with Crippen LogP contribution in [0.15, 0.2) is 47.6 Å². The number of methoxy groups -OCH3 is 2. The van der Waals surface area contributed by atoms with Gasteiger partial charge in [0.05, 0.1) is 33.6 Å². The molecule has 0 atom stereocenters. The second-order valence-corrected chi connectivity index (χ2v) is 5.20. The van der Waals surface area contributed by atoms with E-state index in [1.807, 2.05) is 42.5 Å². The van der Waals surface area contributed by atoms with Crippen molar-refractivity contribution in [2.75, 3.05) is 20.8 Å². The summed E-state index contributed by atoms with van der Waals surface area (Å²) < 4.78 is 16.1. The van der Waals surface area contributed by atoms with Gasteiger partial charge in [-0.2, -0.15) is 5.10 Å². The van der Waals surface area contributed by atoms with E-state index in [0.717, 1.165) is 29.9 Å². The molecule has 5 nitrogen and oxygen atoms in total. The van der Waals surface area contributed by atoms with Crippen LogP contribution in [0.2, 0.25) is 0 Å². The molecular weight excluding hydrogens is 304 g/mol. The van der Waals surface area contributed by atoms with E-state index >= 15 is 0 Å². The summed E-state index contributed by atoms with van der Waals surface area (Å²) in [6.07, 6.45) is 2.77. The largest absolute Gasteiger partial charge is 0.494 e. The molecule has 0 aliphatic rings. The second kappa shape index (κ2) is 9.45. The minimum Gasteiger partial charge on any atom is -0.494 e. The van der Waals surface area contributed by atoms with Gasteiger partial charge in [-0.3, -0.25) is 0 Å². The van der Waals surface area contributed by atoms with Crippen molar-refractivity contribution in [2.24, 2.45) is 5.10 Å².